The van der Waals surface area contributed by atoms with E-state index < -0.39 is 0 Å². The number of hydrogen-bond donors (Lipinski definition) is 0. The molecule has 1 aliphatic carbocycles. The van der Waals surface area contributed by atoms with Crippen LogP contribution in [0.25, 0.3) is 10.6 Å². The molecule has 0 atom stereocenters. The third kappa shape index (κ3) is 1.77. The van der Waals surface area contributed by atoms with Gasteiger partial charge in [-0.2, -0.15) is 0 Å². The van der Waals surface area contributed by atoms with Gasteiger partial charge in [-0.05, 0) is 12.5 Å². The lowest BCUT2D eigenvalue weighted by atomic mass is 9.88. The Labute approximate surface area is 131 Å². The van der Waals surface area contributed by atoms with E-state index in [0.29, 0.717) is 21.0 Å². The predicted molar refractivity (Wildman–Crippen MR) is 85.6 cm³/mol. The second kappa shape index (κ2) is 4.71. The maximum atomic E-state index is 12.7. The Morgan fingerprint density at radius 2 is 1.68 bits per heavy atom. The standard InChI is InChI=1S/C18H11NO2S/c1-10-6-5-9-12-13(10)16(21)14-17(15(12)20)22-18(19-14)11-7-3-2-4-8-11/h2-9H,1H3. The van der Waals surface area contributed by atoms with Gasteiger partial charge in [-0.3, -0.25) is 9.59 Å². The Bertz CT molecular complexity index is 926. The molecule has 1 aliphatic rings. The maximum absolute atomic E-state index is 12.7. The Morgan fingerprint density at radius 3 is 2.45 bits per heavy atom. The highest BCUT2D eigenvalue weighted by molar-refractivity contribution is 7.17. The molecule has 0 spiro atoms. The summed E-state index contributed by atoms with van der Waals surface area (Å²) in [5, 5.41) is 0.706. The van der Waals surface area contributed by atoms with E-state index in [1.807, 2.05) is 49.4 Å². The number of benzene rings is 2. The summed E-state index contributed by atoms with van der Waals surface area (Å²) in [5.74, 6) is -0.255. The zero-order valence-corrected chi connectivity index (χ0v) is 12.6. The van der Waals surface area contributed by atoms with E-state index in [-0.39, 0.29) is 17.3 Å². The molecule has 4 rings (SSSR count). The lowest BCUT2D eigenvalue weighted by molar-refractivity contribution is 0.0978. The van der Waals surface area contributed by atoms with Crippen LogP contribution in [0.1, 0.15) is 36.9 Å². The van der Waals surface area contributed by atoms with Crippen molar-refractivity contribution in [3.8, 4) is 10.6 Å². The first-order valence-corrected chi connectivity index (χ1v) is 7.73. The number of rotatable bonds is 1. The van der Waals surface area contributed by atoms with E-state index in [1.165, 1.54) is 11.3 Å². The van der Waals surface area contributed by atoms with Crippen molar-refractivity contribution in [3.05, 3.63) is 75.8 Å². The van der Waals surface area contributed by atoms with E-state index in [0.717, 1.165) is 11.1 Å². The Morgan fingerprint density at radius 1 is 0.909 bits per heavy atom. The van der Waals surface area contributed by atoms with Crippen LogP contribution in [-0.2, 0) is 0 Å². The lowest BCUT2D eigenvalue weighted by Gasteiger charge is -2.14. The average molecular weight is 305 g/mol. The number of aryl methyl sites for hydroxylation is 1. The highest BCUT2D eigenvalue weighted by Gasteiger charge is 2.34. The van der Waals surface area contributed by atoms with Gasteiger partial charge in [-0.25, -0.2) is 4.98 Å². The van der Waals surface area contributed by atoms with Crippen LogP contribution in [0, 0.1) is 6.92 Å². The van der Waals surface area contributed by atoms with E-state index in [1.54, 1.807) is 6.07 Å². The van der Waals surface area contributed by atoms with E-state index in [9.17, 15) is 9.59 Å². The van der Waals surface area contributed by atoms with Crippen LogP contribution in [0.4, 0.5) is 0 Å². The minimum Gasteiger partial charge on any atom is -0.288 e. The number of fused-ring (bicyclic) bond motifs is 2. The van der Waals surface area contributed by atoms with Crippen molar-refractivity contribution < 1.29 is 9.59 Å². The molecule has 22 heavy (non-hydrogen) atoms. The molecule has 4 heteroatoms. The zero-order valence-electron chi connectivity index (χ0n) is 11.8. The van der Waals surface area contributed by atoms with Gasteiger partial charge in [0.1, 0.15) is 15.6 Å². The molecule has 0 saturated heterocycles. The van der Waals surface area contributed by atoms with Crippen molar-refractivity contribution >= 4 is 22.9 Å². The number of thiazole rings is 1. The van der Waals surface area contributed by atoms with Gasteiger partial charge in [0.15, 0.2) is 0 Å². The molecular weight excluding hydrogens is 294 g/mol. The molecule has 0 aliphatic heterocycles. The van der Waals surface area contributed by atoms with Gasteiger partial charge in [0.2, 0.25) is 11.6 Å². The zero-order chi connectivity index (χ0) is 15.3. The van der Waals surface area contributed by atoms with E-state index in [2.05, 4.69) is 4.98 Å². The largest absolute Gasteiger partial charge is 0.288 e. The fourth-order valence-electron chi connectivity index (χ4n) is 2.73. The maximum Gasteiger partial charge on any atom is 0.214 e. The highest BCUT2D eigenvalue weighted by Crippen LogP contribution is 2.35. The van der Waals surface area contributed by atoms with Gasteiger partial charge >= 0.3 is 0 Å². The van der Waals surface area contributed by atoms with Crippen LogP contribution < -0.4 is 0 Å². The van der Waals surface area contributed by atoms with Gasteiger partial charge in [0, 0.05) is 16.7 Å². The molecule has 0 saturated carbocycles. The van der Waals surface area contributed by atoms with Crippen molar-refractivity contribution in [2.24, 2.45) is 0 Å². The first-order valence-electron chi connectivity index (χ1n) is 6.92. The smallest absolute Gasteiger partial charge is 0.214 e. The average Bonchev–Trinajstić information content (AvgIpc) is 2.99. The summed E-state index contributed by atoms with van der Waals surface area (Å²) in [7, 11) is 0. The molecule has 3 aromatic rings. The van der Waals surface area contributed by atoms with Gasteiger partial charge < -0.3 is 0 Å². The van der Waals surface area contributed by atoms with Crippen LogP contribution in [0.3, 0.4) is 0 Å². The quantitative estimate of drug-likeness (QED) is 0.536. The van der Waals surface area contributed by atoms with E-state index >= 15 is 0 Å². The normalized spacial score (nSPS) is 13.0. The summed E-state index contributed by atoms with van der Waals surface area (Å²) < 4.78 is 0. The Hall–Kier alpha value is -2.59. The van der Waals surface area contributed by atoms with Crippen LogP contribution in [0.5, 0.6) is 0 Å². The van der Waals surface area contributed by atoms with Crippen LogP contribution in [0.2, 0.25) is 0 Å². The van der Waals surface area contributed by atoms with Gasteiger partial charge in [0.05, 0.1) is 0 Å². The Balaban J connectivity index is 1.93. The number of carbonyl (C=O) groups excluding carboxylic acids is 2. The van der Waals surface area contributed by atoms with Crippen molar-refractivity contribution in [1.29, 1.82) is 0 Å². The van der Waals surface area contributed by atoms with Crippen LogP contribution >= 0.6 is 11.3 Å². The SMILES string of the molecule is Cc1cccc2c1C(=O)c1nc(-c3ccccc3)sc1C2=O. The molecule has 1 heterocycles. The molecule has 3 nitrogen and oxygen atoms in total. The third-order valence-corrected chi connectivity index (χ3v) is 4.92. The number of carbonyl (C=O) groups is 2. The summed E-state index contributed by atoms with van der Waals surface area (Å²) in [6.07, 6.45) is 0. The molecule has 2 aromatic carbocycles. The molecular formula is C18H11NO2S. The first kappa shape index (κ1) is 13.1. The third-order valence-electron chi connectivity index (χ3n) is 3.81. The number of aromatic nitrogens is 1. The van der Waals surface area contributed by atoms with Crippen molar-refractivity contribution in [3.63, 3.8) is 0 Å². The topological polar surface area (TPSA) is 47.0 Å². The number of hydrogen-bond acceptors (Lipinski definition) is 4. The molecule has 0 bridgehead atoms. The molecule has 0 fully saturated rings. The van der Waals surface area contributed by atoms with Crippen molar-refractivity contribution in [2.45, 2.75) is 6.92 Å². The predicted octanol–water partition coefficient (Wildman–Crippen LogP) is 3.89. The summed E-state index contributed by atoms with van der Waals surface area (Å²) in [4.78, 5) is 30.3. The fourth-order valence-corrected chi connectivity index (χ4v) is 3.75. The number of nitrogens with zero attached hydrogens (tertiary/aromatic N) is 1. The minimum absolute atomic E-state index is 0.104. The van der Waals surface area contributed by atoms with Gasteiger partial charge in [-0.15, -0.1) is 11.3 Å². The second-order valence-corrected chi connectivity index (χ2v) is 6.22. The van der Waals surface area contributed by atoms with Crippen molar-refractivity contribution in [2.75, 3.05) is 0 Å². The van der Waals surface area contributed by atoms with Crippen molar-refractivity contribution in [1.82, 2.24) is 4.98 Å². The molecule has 0 radical (unpaired) electrons. The highest BCUT2D eigenvalue weighted by atomic mass is 32.1. The number of ketones is 2. The van der Waals surface area contributed by atoms with Gasteiger partial charge in [0.25, 0.3) is 0 Å². The molecule has 1 aromatic heterocycles. The molecule has 0 unspecified atom stereocenters. The first-order chi connectivity index (χ1) is 10.7. The molecule has 0 N–H and O–H groups in total. The molecule has 0 amide bonds. The van der Waals surface area contributed by atoms with E-state index in [4.69, 9.17) is 0 Å². The summed E-state index contributed by atoms with van der Waals surface area (Å²) in [6, 6.07) is 15.0. The van der Waals surface area contributed by atoms with Crippen LogP contribution in [-0.4, -0.2) is 16.6 Å². The summed E-state index contributed by atoms with van der Waals surface area (Å²) >= 11 is 1.29. The summed E-state index contributed by atoms with van der Waals surface area (Å²) in [5.41, 5.74) is 3.00. The lowest BCUT2D eigenvalue weighted by Crippen LogP contribution is -2.20. The monoisotopic (exact) mass is 305 g/mol. The minimum atomic E-state index is -0.152. The molecule has 106 valence electrons. The van der Waals surface area contributed by atoms with Crippen LogP contribution in [0.15, 0.2) is 48.5 Å². The second-order valence-electron chi connectivity index (χ2n) is 5.22. The fraction of sp³-hybridized carbons (Fsp3) is 0.0556. The summed E-state index contributed by atoms with van der Waals surface area (Å²) in [6.45, 7) is 1.85. The Kier molecular flexibility index (Phi) is 2.81. The van der Waals surface area contributed by atoms with Gasteiger partial charge in [-0.1, -0.05) is 48.5 Å².